The van der Waals surface area contributed by atoms with E-state index in [2.05, 4.69) is 26.0 Å². The molecular formula is C16H19BrCl2N4O3. The molecule has 0 aliphatic heterocycles. The van der Waals surface area contributed by atoms with Crippen molar-refractivity contribution in [2.75, 3.05) is 0 Å². The van der Waals surface area contributed by atoms with Crippen molar-refractivity contribution in [2.24, 2.45) is 17.1 Å². The molecule has 2 N–H and O–H groups in total. The van der Waals surface area contributed by atoms with Gasteiger partial charge in [0.05, 0.1) is 5.02 Å². The number of alkyl halides is 1. The highest BCUT2D eigenvalue weighted by atomic mass is 79.9. The summed E-state index contributed by atoms with van der Waals surface area (Å²) in [6, 6.07) is 4.95. The molecule has 0 spiro atoms. The minimum absolute atomic E-state index is 0.209. The van der Waals surface area contributed by atoms with Crippen LogP contribution in [0.5, 0.6) is 5.75 Å². The van der Waals surface area contributed by atoms with E-state index in [1.165, 1.54) is 6.33 Å². The summed E-state index contributed by atoms with van der Waals surface area (Å²) in [5, 5.41) is 4.41. The maximum absolute atomic E-state index is 11.1. The third kappa shape index (κ3) is 4.81. The van der Waals surface area contributed by atoms with Crippen molar-refractivity contribution in [1.29, 1.82) is 0 Å². The fourth-order valence-corrected chi connectivity index (χ4v) is 3.32. The third-order valence-electron chi connectivity index (χ3n) is 4.24. The summed E-state index contributed by atoms with van der Waals surface area (Å²) >= 11 is 15.6. The quantitative estimate of drug-likeness (QED) is 0.601. The van der Waals surface area contributed by atoms with Gasteiger partial charge in [0, 0.05) is 16.4 Å². The largest absolute Gasteiger partial charge is 0.467 e. The van der Waals surface area contributed by atoms with Crippen LogP contribution >= 0.6 is 39.1 Å². The van der Waals surface area contributed by atoms with E-state index < -0.39 is 22.7 Å². The van der Waals surface area contributed by atoms with Crippen LogP contribution in [0.1, 0.15) is 27.0 Å². The number of ether oxygens (including phenoxy) is 2. The van der Waals surface area contributed by atoms with Gasteiger partial charge < -0.3 is 15.2 Å². The number of nitrogens with zero attached hydrogens (tertiary/aromatic N) is 3. The Labute approximate surface area is 169 Å². The van der Waals surface area contributed by atoms with Crippen molar-refractivity contribution in [1.82, 2.24) is 14.8 Å². The van der Waals surface area contributed by atoms with Crippen molar-refractivity contribution in [2.45, 2.75) is 32.0 Å². The van der Waals surface area contributed by atoms with E-state index in [-0.39, 0.29) is 5.92 Å². The highest BCUT2D eigenvalue weighted by molar-refractivity contribution is 9.09. The van der Waals surface area contributed by atoms with Gasteiger partial charge >= 0.3 is 6.09 Å². The minimum atomic E-state index is -0.869. The Morgan fingerprint density at radius 3 is 2.62 bits per heavy atom. The molecule has 0 saturated heterocycles. The Morgan fingerprint density at radius 1 is 1.38 bits per heavy atom. The van der Waals surface area contributed by atoms with E-state index in [1.807, 2.05) is 20.8 Å². The summed E-state index contributed by atoms with van der Waals surface area (Å²) in [4.78, 5) is 15.1. The van der Waals surface area contributed by atoms with Gasteiger partial charge in [-0.2, -0.15) is 5.10 Å². The smallest absolute Gasteiger partial charge is 0.405 e. The number of hydrogen-bond acceptors (Lipinski definition) is 5. The van der Waals surface area contributed by atoms with Crippen LogP contribution in [0, 0.1) is 11.3 Å². The molecule has 0 fully saturated rings. The average Bonchev–Trinajstić information content (AvgIpc) is 3.07. The van der Waals surface area contributed by atoms with Gasteiger partial charge in [-0.25, -0.2) is 14.5 Å². The molecule has 0 bridgehead atoms. The number of amides is 1. The first-order valence-corrected chi connectivity index (χ1v) is 9.36. The van der Waals surface area contributed by atoms with Crippen LogP contribution < -0.4 is 10.5 Å². The zero-order chi connectivity index (χ0) is 19.5. The van der Waals surface area contributed by atoms with E-state index in [4.69, 9.17) is 38.4 Å². The molecule has 2 rings (SSSR count). The van der Waals surface area contributed by atoms with Gasteiger partial charge in [0.25, 0.3) is 0 Å². The predicted octanol–water partition coefficient (Wildman–Crippen LogP) is 4.64. The lowest BCUT2D eigenvalue weighted by Gasteiger charge is -2.39. The third-order valence-corrected chi connectivity index (χ3v) is 6.14. The van der Waals surface area contributed by atoms with Crippen molar-refractivity contribution in [3.63, 3.8) is 0 Å². The number of halogens is 3. The maximum Gasteiger partial charge on any atom is 0.405 e. The number of rotatable bonds is 7. The van der Waals surface area contributed by atoms with Crippen molar-refractivity contribution in [3.05, 3.63) is 40.9 Å². The second-order valence-electron chi connectivity index (χ2n) is 6.32. The SMILES string of the molecule is CC(C(Oc1ccc(Cl)cc1Cl)n1cncn1)C(C)(C)C(Br)OC(N)=O. The molecule has 3 atom stereocenters. The number of carbonyl (C=O) groups is 1. The molecule has 0 saturated carbocycles. The molecule has 26 heavy (non-hydrogen) atoms. The molecular weight excluding hydrogens is 447 g/mol. The number of carbonyl (C=O) groups excluding carboxylic acids is 1. The molecule has 3 unspecified atom stereocenters. The summed E-state index contributed by atoms with van der Waals surface area (Å²) in [6.45, 7) is 5.77. The van der Waals surface area contributed by atoms with Crippen LogP contribution in [-0.2, 0) is 4.74 Å². The fourth-order valence-electron chi connectivity index (χ4n) is 2.26. The fraction of sp³-hybridized carbons (Fsp3) is 0.438. The molecule has 7 nitrogen and oxygen atoms in total. The summed E-state index contributed by atoms with van der Waals surface area (Å²) in [5.74, 6) is 0.237. The monoisotopic (exact) mass is 464 g/mol. The van der Waals surface area contributed by atoms with Crippen LogP contribution in [-0.4, -0.2) is 25.9 Å². The molecule has 2 aromatic rings. The number of hydrogen-bond donors (Lipinski definition) is 1. The first-order valence-electron chi connectivity index (χ1n) is 7.69. The van der Waals surface area contributed by atoms with E-state index in [1.54, 1.807) is 29.2 Å². The zero-order valence-electron chi connectivity index (χ0n) is 14.4. The normalized spacial score (nSPS) is 15.2. The lowest BCUT2D eigenvalue weighted by Crippen LogP contribution is -2.41. The predicted molar refractivity (Wildman–Crippen MR) is 102 cm³/mol. The van der Waals surface area contributed by atoms with Gasteiger partial charge in [-0.15, -0.1) is 0 Å². The molecule has 142 valence electrons. The number of aromatic nitrogens is 3. The number of benzene rings is 1. The topological polar surface area (TPSA) is 92.3 Å². The first kappa shape index (κ1) is 20.8. The minimum Gasteiger partial charge on any atom is -0.467 e. The second kappa shape index (κ2) is 8.45. The van der Waals surface area contributed by atoms with Crippen molar-refractivity contribution >= 4 is 45.2 Å². The van der Waals surface area contributed by atoms with Gasteiger partial charge in [-0.3, -0.25) is 0 Å². The second-order valence-corrected chi connectivity index (χ2v) is 8.00. The van der Waals surface area contributed by atoms with Gasteiger partial charge in [-0.1, -0.05) is 44.0 Å². The van der Waals surface area contributed by atoms with Crippen molar-refractivity contribution in [3.8, 4) is 5.75 Å². The summed E-state index contributed by atoms with van der Waals surface area (Å²) < 4.78 is 12.8. The molecule has 1 heterocycles. The molecule has 0 aliphatic rings. The van der Waals surface area contributed by atoms with Crippen LogP contribution in [0.15, 0.2) is 30.9 Å². The van der Waals surface area contributed by atoms with E-state index in [0.29, 0.717) is 15.8 Å². The molecule has 1 aromatic heterocycles. The Kier molecular flexibility index (Phi) is 6.76. The molecule has 0 radical (unpaired) electrons. The average molecular weight is 466 g/mol. The van der Waals surface area contributed by atoms with Gasteiger partial charge in [0.2, 0.25) is 0 Å². The van der Waals surface area contributed by atoms with E-state index >= 15 is 0 Å². The van der Waals surface area contributed by atoms with Crippen LogP contribution in [0.2, 0.25) is 10.0 Å². The van der Waals surface area contributed by atoms with Gasteiger partial charge in [0.15, 0.2) is 11.2 Å². The lowest BCUT2D eigenvalue weighted by atomic mass is 9.79. The lowest BCUT2D eigenvalue weighted by molar-refractivity contribution is -0.0317. The summed E-state index contributed by atoms with van der Waals surface area (Å²) in [7, 11) is 0. The van der Waals surface area contributed by atoms with Gasteiger partial charge in [-0.05, 0) is 34.1 Å². The highest BCUT2D eigenvalue weighted by Gasteiger charge is 2.42. The van der Waals surface area contributed by atoms with Crippen LogP contribution in [0.3, 0.4) is 0 Å². The Morgan fingerprint density at radius 2 is 2.08 bits per heavy atom. The Bertz CT molecular complexity index is 758. The highest BCUT2D eigenvalue weighted by Crippen LogP contribution is 2.43. The number of nitrogens with two attached hydrogens (primary N) is 1. The molecule has 10 heteroatoms. The molecule has 1 aromatic carbocycles. The molecule has 1 amide bonds. The standard InChI is InChI=1S/C16H19BrCl2N4O3/c1-9(16(2,3)14(17)26-15(20)24)13(23-8-21-7-22-23)25-12-5-4-10(18)6-11(12)19/h4-9,13-14H,1-3H3,(H2,20,24). The zero-order valence-corrected chi connectivity index (χ0v) is 17.5. The Hall–Kier alpha value is -1.51. The van der Waals surface area contributed by atoms with Gasteiger partial charge in [0.1, 0.15) is 18.4 Å². The summed E-state index contributed by atoms with van der Waals surface area (Å²) in [5.41, 5.74) is 4.56. The van der Waals surface area contributed by atoms with E-state index in [9.17, 15) is 4.79 Å². The summed E-state index contributed by atoms with van der Waals surface area (Å²) in [6.07, 6.45) is 1.50. The first-order chi connectivity index (χ1) is 12.1. The molecule has 0 aliphatic carbocycles. The van der Waals surface area contributed by atoms with Crippen LogP contribution in [0.25, 0.3) is 0 Å². The van der Waals surface area contributed by atoms with Crippen molar-refractivity contribution < 1.29 is 14.3 Å². The number of primary amides is 1. The maximum atomic E-state index is 11.1. The Balaban J connectivity index is 2.34. The van der Waals surface area contributed by atoms with E-state index in [0.717, 1.165) is 0 Å². The van der Waals surface area contributed by atoms with Crippen LogP contribution in [0.4, 0.5) is 4.79 Å².